The van der Waals surface area contributed by atoms with Crippen LogP contribution in [-0.2, 0) is 22.7 Å². The number of hydrogen-bond acceptors (Lipinski definition) is 5. The summed E-state index contributed by atoms with van der Waals surface area (Å²) in [5.41, 5.74) is 2.07. The van der Waals surface area contributed by atoms with Crippen molar-refractivity contribution in [2.24, 2.45) is 11.8 Å². The van der Waals surface area contributed by atoms with Crippen molar-refractivity contribution >= 4 is 11.8 Å². The van der Waals surface area contributed by atoms with Gasteiger partial charge in [0, 0.05) is 50.6 Å². The van der Waals surface area contributed by atoms with Gasteiger partial charge in [-0.25, -0.2) is 0 Å². The fourth-order valence-electron chi connectivity index (χ4n) is 4.31. The Morgan fingerprint density at radius 2 is 2.03 bits per heavy atom. The van der Waals surface area contributed by atoms with Crippen molar-refractivity contribution in [3.8, 4) is 5.75 Å². The second-order valence-electron chi connectivity index (χ2n) is 8.34. The molecule has 2 bridgehead atoms. The minimum absolute atomic E-state index is 0.0368. The molecule has 7 nitrogen and oxygen atoms in total. The molecule has 0 saturated carbocycles. The summed E-state index contributed by atoms with van der Waals surface area (Å²) in [6.07, 6.45) is 8.84. The third kappa shape index (κ3) is 5.95. The van der Waals surface area contributed by atoms with Gasteiger partial charge in [-0.05, 0) is 42.0 Å². The summed E-state index contributed by atoms with van der Waals surface area (Å²) in [6.45, 7) is 3.15. The zero-order chi connectivity index (χ0) is 22.2. The normalized spacial score (nSPS) is 22.4. The molecule has 2 aliphatic heterocycles. The molecule has 1 saturated heterocycles. The third-order valence-electron chi connectivity index (χ3n) is 6.13. The number of pyridine rings is 1. The van der Waals surface area contributed by atoms with Gasteiger partial charge in [0.1, 0.15) is 12.4 Å². The van der Waals surface area contributed by atoms with Gasteiger partial charge in [-0.2, -0.15) is 0 Å². The minimum Gasteiger partial charge on any atom is -0.489 e. The highest BCUT2D eigenvalue weighted by Gasteiger charge is 2.31. The zero-order valence-electron chi connectivity index (χ0n) is 18.2. The van der Waals surface area contributed by atoms with Crippen LogP contribution in [0.4, 0.5) is 0 Å². The van der Waals surface area contributed by atoms with Gasteiger partial charge in [0.2, 0.25) is 11.8 Å². The van der Waals surface area contributed by atoms with Crippen molar-refractivity contribution in [2.45, 2.75) is 25.9 Å². The predicted octanol–water partition coefficient (Wildman–Crippen LogP) is 2.29. The lowest BCUT2D eigenvalue weighted by molar-refractivity contribution is -0.132. The number of carbonyl (C=O) groups excluding carboxylic acids is 2. The molecule has 0 aliphatic carbocycles. The van der Waals surface area contributed by atoms with E-state index in [0.717, 1.165) is 23.3 Å². The van der Waals surface area contributed by atoms with Crippen molar-refractivity contribution in [3.63, 3.8) is 0 Å². The summed E-state index contributed by atoms with van der Waals surface area (Å²) < 4.78 is 5.96. The molecule has 2 N–H and O–H groups in total. The molecule has 4 rings (SSSR count). The summed E-state index contributed by atoms with van der Waals surface area (Å²) in [6, 6.07) is 11.7. The Morgan fingerprint density at radius 1 is 1.19 bits per heavy atom. The number of piperidine rings is 1. The van der Waals surface area contributed by atoms with E-state index in [2.05, 4.69) is 21.7 Å². The number of rotatable bonds is 4. The smallest absolute Gasteiger partial charge is 0.236 e. The van der Waals surface area contributed by atoms with E-state index in [1.165, 1.54) is 0 Å². The molecule has 0 unspecified atom stereocenters. The Morgan fingerprint density at radius 3 is 2.91 bits per heavy atom. The molecule has 1 fully saturated rings. The lowest BCUT2D eigenvalue weighted by Gasteiger charge is -2.37. The number of para-hydroxylation sites is 1. The number of carbonyl (C=O) groups is 2. The number of ether oxygens (including phenoxy) is 1. The lowest BCUT2D eigenvalue weighted by Crippen LogP contribution is -2.47. The molecule has 0 spiro atoms. The number of benzene rings is 1. The molecule has 1 aromatic carbocycles. The fraction of sp³-hybridized carbons (Fsp3) is 0.400. The van der Waals surface area contributed by atoms with Crippen LogP contribution in [0.2, 0.25) is 0 Å². The highest BCUT2D eigenvalue weighted by molar-refractivity contribution is 5.79. The van der Waals surface area contributed by atoms with Crippen molar-refractivity contribution in [1.29, 1.82) is 0 Å². The minimum atomic E-state index is 0.0368. The molecule has 2 aliphatic rings. The van der Waals surface area contributed by atoms with E-state index in [1.807, 2.05) is 47.4 Å². The van der Waals surface area contributed by atoms with Crippen molar-refractivity contribution in [3.05, 3.63) is 72.1 Å². The van der Waals surface area contributed by atoms with Crippen molar-refractivity contribution in [2.75, 3.05) is 26.2 Å². The molecule has 2 aromatic rings. The van der Waals surface area contributed by atoms with Crippen LogP contribution in [0, 0.1) is 11.8 Å². The van der Waals surface area contributed by atoms with Gasteiger partial charge in [0.25, 0.3) is 0 Å². The van der Waals surface area contributed by atoms with E-state index in [4.69, 9.17) is 4.74 Å². The number of fused-ring (bicyclic) bond motifs is 3. The van der Waals surface area contributed by atoms with Gasteiger partial charge >= 0.3 is 0 Å². The first kappa shape index (κ1) is 22.0. The van der Waals surface area contributed by atoms with Gasteiger partial charge in [-0.3, -0.25) is 14.6 Å². The maximum absolute atomic E-state index is 12.8. The van der Waals surface area contributed by atoms with Gasteiger partial charge in [-0.15, -0.1) is 0 Å². The summed E-state index contributed by atoms with van der Waals surface area (Å²) in [7, 11) is 0. The average molecular weight is 435 g/mol. The standard InChI is InChI=1S/C25H30N4O3/c30-24(28-15-19-7-10-26-11-8-19)14-20-9-12-29-18-22(20)5-3-13-32-23-6-2-1-4-21(23)16-27-17-25(29)31/h1-8,10-11,20,22,27H,9,12-18H2,(H,28,30)/b5-3-/t20-,22-/m0/s1. The summed E-state index contributed by atoms with van der Waals surface area (Å²) in [5.74, 6) is 1.28. The molecule has 1 aromatic heterocycles. The topological polar surface area (TPSA) is 83.6 Å². The Kier molecular flexibility index (Phi) is 7.51. The first-order valence-electron chi connectivity index (χ1n) is 11.2. The predicted molar refractivity (Wildman–Crippen MR) is 122 cm³/mol. The van der Waals surface area contributed by atoms with E-state index < -0.39 is 0 Å². The molecular formula is C25H30N4O3. The van der Waals surface area contributed by atoms with Crippen LogP contribution in [0.15, 0.2) is 60.9 Å². The summed E-state index contributed by atoms with van der Waals surface area (Å²) >= 11 is 0. The Hall–Kier alpha value is -3.19. The first-order chi connectivity index (χ1) is 15.7. The fourth-order valence-corrected chi connectivity index (χ4v) is 4.31. The average Bonchev–Trinajstić information content (AvgIpc) is 2.83. The van der Waals surface area contributed by atoms with Gasteiger partial charge in [-0.1, -0.05) is 30.4 Å². The molecule has 2 amide bonds. The lowest BCUT2D eigenvalue weighted by atomic mass is 9.82. The van der Waals surface area contributed by atoms with Crippen LogP contribution in [0.3, 0.4) is 0 Å². The molecule has 32 heavy (non-hydrogen) atoms. The van der Waals surface area contributed by atoms with Crippen LogP contribution in [0.1, 0.15) is 24.0 Å². The first-order valence-corrected chi connectivity index (χ1v) is 11.2. The Labute approximate surface area is 188 Å². The molecule has 168 valence electrons. The summed E-state index contributed by atoms with van der Waals surface area (Å²) in [5, 5.41) is 6.26. The van der Waals surface area contributed by atoms with Crippen LogP contribution >= 0.6 is 0 Å². The maximum Gasteiger partial charge on any atom is 0.236 e. The molecule has 2 atom stereocenters. The maximum atomic E-state index is 12.8. The zero-order valence-corrected chi connectivity index (χ0v) is 18.2. The van der Waals surface area contributed by atoms with Crippen molar-refractivity contribution in [1.82, 2.24) is 20.5 Å². The van der Waals surface area contributed by atoms with E-state index in [1.54, 1.807) is 12.4 Å². The largest absolute Gasteiger partial charge is 0.489 e. The number of amides is 2. The SMILES string of the molecule is O=C(C[C@@H]1CCN2C[C@@H]1/C=C\COc1ccccc1CNCC2=O)NCc1ccncc1. The summed E-state index contributed by atoms with van der Waals surface area (Å²) in [4.78, 5) is 31.3. The Bertz CT molecular complexity index is 947. The molecular weight excluding hydrogens is 404 g/mol. The van der Waals surface area contributed by atoms with Gasteiger partial charge < -0.3 is 20.3 Å². The Balaban J connectivity index is 1.40. The molecule has 0 radical (unpaired) electrons. The van der Waals surface area contributed by atoms with E-state index in [-0.39, 0.29) is 23.7 Å². The number of nitrogens with zero attached hydrogens (tertiary/aromatic N) is 2. The number of nitrogens with one attached hydrogen (secondary N) is 2. The quantitative estimate of drug-likeness (QED) is 0.722. The third-order valence-corrected chi connectivity index (χ3v) is 6.13. The second kappa shape index (κ2) is 10.9. The molecule has 3 heterocycles. The number of aromatic nitrogens is 1. The van der Waals surface area contributed by atoms with Crippen LogP contribution in [0.25, 0.3) is 0 Å². The van der Waals surface area contributed by atoms with E-state index in [9.17, 15) is 9.59 Å². The molecule has 7 heteroatoms. The van der Waals surface area contributed by atoms with Crippen LogP contribution in [0.5, 0.6) is 5.75 Å². The van der Waals surface area contributed by atoms with Gasteiger partial charge in [0.15, 0.2) is 0 Å². The highest BCUT2D eigenvalue weighted by Crippen LogP contribution is 2.28. The van der Waals surface area contributed by atoms with Crippen LogP contribution < -0.4 is 15.4 Å². The monoisotopic (exact) mass is 434 g/mol. The van der Waals surface area contributed by atoms with E-state index >= 15 is 0 Å². The van der Waals surface area contributed by atoms with Crippen molar-refractivity contribution < 1.29 is 14.3 Å². The second-order valence-corrected chi connectivity index (χ2v) is 8.34. The highest BCUT2D eigenvalue weighted by atomic mass is 16.5. The van der Waals surface area contributed by atoms with Crippen LogP contribution in [-0.4, -0.2) is 47.9 Å². The van der Waals surface area contributed by atoms with E-state index in [0.29, 0.717) is 45.8 Å². The number of hydrogen-bond donors (Lipinski definition) is 2. The van der Waals surface area contributed by atoms with Gasteiger partial charge in [0.05, 0.1) is 6.54 Å².